The Balaban J connectivity index is 2.18. The van der Waals surface area contributed by atoms with Crippen LogP contribution in [0.15, 0.2) is 48.5 Å². The van der Waals surface area contributed by atoms with Crippen molar-refractivity contribution < 1.29 is 9.53 Å². The van der Waals surface area contributed by atoms with Gasteiger partial charge in [-0.25, -0.2) is 4.98 Å². The zero-order chi connectivity index (χ0) is 13.7. The van der Waals surface area contributed by atoms with Gasteiger partial charge in [-0.2, -0.15) is 0 Å². The van der Waals surface area contributed by atoms with Gasteiger partial charge in [-0.15, -0.1) is 0 Å². The summed E-state index contributed by atoms with van der Waals surface area (Å²) in [4.78, 5) is 16.1. The van der Waals surface area contributed by atoms with E-state index in [0.29, 0.717) is 22.2 Å². The van der Waals surface area contributed by atoms with Crippen LogP contribution in [0.5, 0.6) is 5.88 Å². The minimum atomic E-state index is -0.157. The first-order chi connectivity index (χ1) is 9.20. The highest BCUT2D eigenvalue weighted by Crippen LogP contribution is 2.16. The SMILES string of the molecule is COc1cccc(C=CC(=O)c2ccccc2Cl)n1. The Labute approximate surface area is 116 Å². The minimum Gasteiger partial charge on any atom is -0.481 e. The zero-order valence-corrected chi connectivity index (χ0v) is 11.1. The lowest BCUT2D eigenvalue weighted by molar-refractivity contribution is 0.104. The zero-order valence-electron chi connectivity index (χ0n) is 10.3. The Morgan fingerprint density at radius 2 is 2.00 bits per heavy atom. The van der Waals surface area contributed by atoms with Crippen molar-refractivity contribution in [2.45, 2.75) is 0 Å². The molecule has 0 saturated heterocycles. The largest absolute Gasteiger partial charge is 0.481 e. The van der Waals surface area contributed by atoms with E-state index < -0.39 is 0 Å². The normalized spacial score (nSPS) is 10.6. The molecule has 96 valence electrons. The number of carbonyl (C=O) groups is 1. The monoisotopic (exact) mass is 273 g/mol. The van der Waals surface area contributed by atoms with Crippen molar-refractivity contribution in [3.05, 3.63) is 64.8 Å². The summed E-state index contributed by atoms with van der Waals surface area (Å²) in [7, 11) is 1.55. The van der Waals surface area contributed by atoms with E-state index in [0.717, 1.165) is 0 Å². The van der Waals surface area contributed by atoms with Crippen LogP contribution in [0, 0.1) is 0 Å². The van der Waals surface area contributed by atoms with Gasteiger partial charge in [0.15, 0.2) is 5.78 Å². The average molecular weight is 274 g/mol. The highest BCUT2D eigenvalue weighted by atomic mass is 35.5. The quantitative estimate of drug-likeness (QED) is 0.631. The van der Waals surface area contributed by atoms with Crippen LogP contribution in [-0.4, -0.2) is 17.9 Å². The maximum absolute atomic E-state index is 12.0. The molecule has 0 aliphatic carbocycles. The van der Waals surface area contributed by atoms with Gasteiger partial charge >= 0.3 is 0 Å². The molecule has 3 nitrogen and oxygen atoms in total. The summed E-state index contributed by atoms with van der Waals surface area (Å²) in [5.41, 5.74) is 1.13. The van der Waals surface area contributed by atoms with Crippen LogP contribution in [0.2, 0.25) is 5.02 Å². The summed E-state index contributed by atoms with van der Waals surface area (Å²) in [6, 6.07) is 12.3. The number of pyridine rings is 1. The van der Waals surface area contributed by atoms with Crippen molar-refractivity contribution in [3.8, 4) is 5.88 Å². The molecule has 19 heavy (non-hydrogen) atoms. The van der Waals surface area contributed by atoms with Crippen LogP contribution >= 0.6 is 11.6 Å². The number of rotatable bonds is 4. The van der Waals surface area contributed by atoms with Crippen molar-refractivity contribution in [3.63, 3.8) is 0 Å². The second-order valence-corrected chi connectivity index (χ2v) is 4.19. The first-order valence-corrected chi connectivity index (χ1v) is 6.06. The van der Waals surface area contributed by atoms with Gasteiger partial charge in [-0.1, -0.05) is 29.8 Å². The van der Waals surface area contributed by atoms with Gasteiger partial charge in [0.1, 0.15) is 0 Å². The van der Waals surface area contributed by atoms with Crippen molar-refractivity contribution in [2.24, 2.45) is 0 Å². The number of ether oxygens (including phenoxy) is 1. The van der Waals surface area contributed by atoms with Crippen LogP contribution in [0.4, 0.5) is 0 Å². The molecule has 0 saturated carbocycles. The summed E-state index contributed by atoms with van der Waals surface area (Å²) in [6.07, 6.45) is 3.08. The number of methoxy groups -OCH3 is 1. The minimum absolute atomic E-state index is 0.157. The smallest absolute Gasteiger partial charge is 0.213 e. The fourth-order valence-corrected chi connectivity index (χ4v) is 1.78. The van der Waals surface area contributed by atoms with E-state index >= 15 is 0 Å². The number of allylic oxidation sites excluding steroid dienone is 1. The first-order valence-electron chi connectivity index (χ1n) is 5.68. The number of carbonyl (C=O) groups excluding carboxylic acids is 1. The molecule has 1 aromatic heterocycles. The summed E-state index contributed by atoms with van der Waals surface area (Å²) in [5, 5.41) is 0.441. The Kier molecular flexibility index (Phi) is 4.31. The molecular formula is C15H12ClNO2. The summed E-state index contributed by atoms with van der Waals surface area (Å²) < 4.78 is 5.01. The first kappa shape index (κ1) is 13.3. The molecule has 0 fully saturated rings. The lowest BCUT2D eigenvalue weighted by atomic mass is 10.1. The third-order valence-electron chi connectivity index (χ3n) is 2.50. The number of halogens is 1. The van der Waals surface area contributed by atoms with Gasteiger partial charge in [0.05, 0.1) is 17.8 Å². The second kappa shape index (κ2) is 6.16. The summed E-state index contributed by atoms with van der Waals surface area (Å²) in [6.45, 7) is 0. The fraction of sp³-hybridized carbons (Fsp3) is 0.0667. The standard InChI is InChI=1S/C15H12ClNO2/c1-19-15-8-4-5-11(17-15)9-10-14(18)12-6-2-3-7-13(12)16/h2-10H,1H3. The molecule has 2 rings (SSSR count). The summed E-state index contributed by atoms with van der Waals surface area (Å²) in [5.74, 6) is 0.350. The molecule has 0 aliphatic heterocycles. The van der Waals surface area contributed by atoms with E-state index in [1.54, 1.807) is 49.6 Å². The molecule has 0 amide bonds. The Bertz CT molecular complexity index is 623. The Morgan fingerprint density at radius 1 is 1.21 bits per heavy atom. The molecule has 2 aromatic rings. The maximum atomic E-state index is 12.0. The molecule has 0 unspecified atom stereocenters. The Morgan fingerprint density at radius 3 is 2.74 bits per heavy atom. The van der Waals surface area contributed by atoms with Crippen LogP contribution in [-0.2, 0) is 0 Å². The third-order valence-corrected chi connectivity index (χ3v) is 2.83. The molecule has 0 bridgehead atoms. The van der Waals surface area contributed by atoms with Crippen molar-refractivity contribution >= 4 is 23.5 Å². The van der Waals surface area contributed by atoms with E-state index in [1.165, 1.54) is 6.08 Å². The number of aromatic nitrogens is 1. The number of hydrogen-bond acceptors (Lipinski definition) is 3. The third kappa shape index (κ3) is 3.42. The molecule has 1 heterocycles. The van der Waals surface area contributed by atoms with E-state index in [4.69, 9.17) is 16.3 Å². The average Bonchev–Trinajstić information content (AvgIpc) is 2.45. The molecule has 0 atom stereocenters. The van der Waals surface area contributed by atoms with Gasteiger partial charge in [-0.05, 0) is 30.4 Å². The molecule has 0 aliphatic rings. The topological polar surface area (TPSA) is 39.2 Å². The number of ketones is 1. The summed E-state index contributed by atoms with van der Waals surface area (Å²) >= 11 is 5.96. The number of benzene rings is 1. The predicted octanol–water partition coefficient (Wildman–Crippen LogP) is 3.64. The van der Waals surface area contributed by atoms with Gasteiger partial charge < -0.3 is 4.74 Å². The van der Waals surface area contributed by atoms with Gasteiger partial charge in [-0.3, -0.25) is 4.79 Å². The Hall–Kier alpha value is -2.13. The molecule has 0 N–H and O–H groups in total. The number of hydrogen-bond donors (Lipinski definition) is 0. The van der Waals surface area contributed by atoms with E-state index in [9.17, 15) is 4.79 Å². The van der Waals surface area contributed by atoms with Gasteiger partial charge in [0.2, 0.25) is 5.88 Å². The van der Waals surface area contributed by atoms with Crippen LogP contribution in [0.3, 0.4) is 0 Å². The van der Waals surface area contributed by atoms with Crippen LogP contribution in [0.25, 0.3) is 6.08 Å². The van der Waals surface area contributed by atoms with Gasteiger partial charge in [0.25, 0.3) is 0 Å². The van der Waals surface area contributed by atoms with E-state index in [-0.39, 0.29) is 5.78 Å². The maximum Gasteiger partial charge on any atom is 0.213 e. The number of nitrogens with zero attached hydrogens (tertiary/aromatic N) is 1. The lowest BCUT2D eigenvalue weighted by Gasteiger charge is -2.00. The molecule has 1 aromatic carbocycles. The van der Waals surface area contributed by atoms with Gasteiger partial charge in [0, 0.05) is 11.6 Å². The lowest BCUT2D eigenvalue weighted by Crippen LogP contribution is -1.95. The second-order valence-electron chi connectivity index (χ2n) is 3.78. The van der Waals surface area contributed by atoms with Crippen molar-refractivity contribution in [2.75, 3.05) is 7.11 Å². The molecule has 0 spiro atoms. The molecular weight excluding hydrogens is 262 g/mol. The highest BCUT2D eigenvalue weighted by molar-refractivity contribution is 6.34. The molecule has 0 radical (unpaired) electrons. The van der Waals surface area contributed by atoms with E-state index in [1.807, 2.05) is 6.07 Å². The molecule has 4 heteroatoms. The van der Waals surface area contributed by atoms with Crippen molar-refractivity contribution in [1.82, 2.24) is 4.98 Å². The van der Waals surface area contributed by atoms with Crippen LogP contribution < -0.4 is 4.74 Å². The predicted molar refractivity (Wildman–Crippen MR) is 75.6 cm³/mol. The van der Waals surface area contributed by atoms with Crippen molar-refractivity contribution in [1.29, 1.82) is 0 Å². The van der Waals surface area contributed by atoms with Crippen LogP contribution in [0.1, 0.15) is 16.1 Å². The highest BCUT2D eigenvalue weighted by Gasteiger charge is 2.05. The fourth-order valence-electron chi connectivity index (χ4n) is 1.55. The van der Waals surface area contributed by atoms with E-state index in [2.05, 4.69) is 4.98 Å².